The Morgan fingerprint density at radius 3 is 2.00 bits per heavy atom. The van der Waals surface area contributed by atoms with Crippen molar-refractivity contribution in [2.24, 2.45) is 0 Å². The standard InChI is InChI=1S/C12H16F3NOS.C2H6/c1-8-5-6-9(7-10(8)12(13,14)15)18(17)16-11(2,3)4;1-2/h5-7,16H,1-4H3;1-2H3. The molecule has 0 saturated carbocycles. The average molecular weight is 309 g/mol. The topological polar surface area (TPSA) is 29.1 Å². The predicted molar refractivity (Wildman–Crippen MR) is 76.8 cm³/mol. The maximum atomic E-state index is 12.7. The van der Waals surface area contributed by atoms with E-state index in [9.17, 15) is 17.4 Å². The Bertz CT molecular complexity index is 464. The van der Waals surface area contributed by atoms with Gasteiger partial charge in [0.1, 0.15) is 11.0 Å². The van der Waals surface area contributed by atoms with E-state index < -0.39 is 28.3 Å². The SMILES string of the molecule is CC.Cc1ccc(S(=O)NC(C)(C)C)cc1C(F)(F)F. The zero-order chi connectivity index (χ0) is 16.1. The molecule has 0 bridgehead atoms. The van der Waals surface area contributed by atoms with Gasteiger partial charge in [0.05, 0.1) is 10.5 Å². The van der Waals surface area contributed by atoms with Crippen LogP contribution in [0.15, 0.2) is 23.1 Å². The molecule has 0 aliphatic rings. The molecule has 1 rings (SSSR count). The first kappa shape index (κ1) is 19.1. The second-order valence-electron chi connectivity index (χ2n) is 5.10. The molecule has 0 spiro atoms. The van der Waals surface area contributed by atoms with Gasteiger partial charge in [-0.2, -0.15) is 13.2 Å². The van der Waals surface area contributed by atoms with Crippen LogP contribution in [0, 0.1) is 6.92 Å². The van der Waals surface area contributed by atoms with Crippen LogP contribution in [0.2, 0.25) is 0 Å². The van der Waals surface area contributed by atoms with E-state index in [0.29, 0.717) is 0 Å². The van der Waals surface area contributed by atoms with E-state index in [-0.39, 0.29) is 10.5 Å². The summed E-state index contributed by atoms with van der Waals surface area (Å²) in [5.74, 6) is 0. The van der Waals surface area contributed by atoms with E-state index in [0.717, 1.165) is 6.07 Å². The van der Waals surface area contributed by atoms with Crippen molar-refractivity contribution in [3.05, 3.63) is 29.3 Å². The lowest BCUT2D eigenvalue weighted by atomic mass is 10.1. The number of alkyl halides is 3. The fourth-order valence-electron chi connectivity index (χ4n) is 1.36. The van der Waals surface area contributed by atoms with Crippen molar-refractivity contribution in [1.82, 2.24) is 4.72 Å². The zero-order valence-corrected chi connectivity index (χ0v) is 13.5. The molecular formula is C14H22F3NOS. The second kappa shape index (κ2) is 7.22. The summed E-state index contributed by atoms with van der Waals surface area (Å²) in [4.78, 5) is 0.128. The van der Waals surface area contributed by atoms with E-state index in [1.165, 1.54) is 19.1 Å². The molecule has 1 unspecified atom stereocenters. The van der Waals surface area contributed by atoms with Crippen LogP contribution in [0.1, 0.15) is 45.7 Å². The first-order chi connectivity index (χ1) is 9.00. The van der Waals surface area contributed by atoms with Gasteiger partial charge in [-0.1, -0.05) is 19.9 Å². The molecule has 6 heteroatoms. The van der Waals surface area contributed by atoms with Crippen molar-refractivity contribution in [1.29, 1.82) is 0 Å². The highest BCUT2D eigenvalue weighted by Crippen LogP contribution is 2.32. The summed E-state index contributed by atoms with van der Waals surface area (Å²) in [6, 6.07) is 3.71. The second-order valence-corrected chi connectivity index (χ2v) is 6.31. The summed E-state index contributed by atoms with van der Waals surface area (Å²) in [6.07, 6.45) is -4.42. The highest BCUT2D eigenvalue weighted by Gasteiger charge is 2.33. The summed E-state index contributed by atoms with van der Waals surface area (Å²) < 4.78 is 52.8. The molecule has 0 aliphatic heterocycles. The van der Waals surface area contributed by atoms with Crippen LogP contribution in [0.3, 0.4) is 0 Å². The Balaban J connectivity index is 0.00000172. The quantitative estimate of drug-likeness (QED) is 0.859. The van der Waals surface area contributed by atoms with Gasteiger partial charge in [0.2, 0.25) is 0 Å². The van der Waals surface area contributed by atoms with Gasteiger partial charge in [-0.05, 0) is 45.4 Å². The average Bonchev–Trinajstić information content (AvgIpc) is 2.28. The molecule has 0 aliphatic carbocycles. The zero-order valence-electron chi connectivity index (χ0n) is 12.7. The smallest absolute Gasteiger partial charge is 0.237 e. The van der Waals surface area contributed by atoms with Gasteiger partial charge < -0.3 is 0 Å². The van der Waals surface area contributed by atoms with Crippen molar-refractivity contribution in [2.75, 3.05) is 0 Å². The van der Waals surface area contributed by atoms with E-state index in [4.69, 9.17) is 0 Å². The number of nitrogens with one attached hydrogen (secondary N) is 1. The van der Waals surface area contributed by atoms with Gasteiger partial charge in [0.15, 0.2) is 0 Å². The van der Waals surface area contributed by atoms with Gasteiger partial charge in [0, 0.05) is 5.54 Å². The van der Waals surface area contributed by atoms with Crippen LogP contribution in [-0.2, 0) is 17.2 Å². The van der Waals surface area contributed by atoms with E-state index in [1.807, 2.05) is 13.8 Å². The lowest BCUT2D eigenvalue weighted by Crippen LogP contribution is -2.37. The maximum Gasteiger partial charge on any atom is 0.416 e. The number of benzene rings is 1. The fourth-order valence-corrected chi connectivity index (χ4v) is 2.45. The predicted octanol–water partition coefficient (Wildman–Crippen LogP) is 4.45. The lowest BCUT2D eigenvalue weighted by molar-refractivity contribution is -0.138. The largest absolute Gasteiger partial charge is 0.416 e. The number of halogens is 3. The number of hydrogen-bond donors (Lipinski definition) is 1. The van der Waals surface area contributed by atoms with Crippen LogP contribution in [-0.4, -0.2) is 9.75 Å². The first-order valence-corrected chi connectivity index (χ1v) is 7.53. The molecular weight excluding hydrogens is 287 g/mol. The summed E-state index contributed by atoms with van der Waals surface area (Å²) in [5, 5.41) is 0. The van der Waals surface area contributed by atoms with Crippen LogP contribution < -0.4 is 4.72 Å². The van der Waals surface area contributed by atoms with Crippen molar-refractivity contribution < 1.29 is 17.4 Å². The molecule has 116 valence electrons. The first-order valence-electron chi connectivity index (χ1n) is 6.38. The van der Waals surface area contributed by atoms with Gasteiger partial charge >= 0.3 is 6.18 Å². The van der Waals surface area contributed by atoms with Crippen molar-refractivity contribution in [3.63, 3.8) is 0 Å². The Hall–Kier alpha value is -0.880. The fraction of sp³-hybridized carbons (Fsp3) is 0.571. The normalized spacial score (nSPS) is 13.4. The summed E-state index contributed by atoms with van der Waals surface area (Å²) in [5.41, 5.74) is -1.06. The number of rotatable bonds is 2. The monoisotopic (exact) mass is 309 g/mol. The van der Waals surface area contributed by atoms with Crippen molar-refractivity contribution >= 4 is 11.0 Å². The third-order valence-corrected chi connectivity index (χ3v) is 3.61. The molecule has 0 saturated heterocycles. The maximum absolute atomic E-state index is 12.7. The summed E-state index contributed by atoms with van der Waals surface area (Å²) in [7, 11) is -1.66. The van der Waals surface area contributed by atoms with E-state index in [1.54, 1.807) is 20.8 Å². The third-order valence-electron chi connectivity index (χ3n) is 2.13. The molecule has 1 atom stereocenters. The Labute approximate surface area is 121 Å². The van der Waals surface area contributed by atoms with Crippen molar-refractivity contribution in [3.8, 4) is 0 Å². The van der Waals surface area contributed by atoms with E-state index >= 15 is 0 Å². The van der Waals surface area contributed by atoms with Gasteiger partial charge in [-0.25, -0.2) is 8.93 Å². The molecule has 0 heterocycles. The number of aryl methyl sites for hydroxylation is 1. The Morgan fingerprint density at radius 2 is 1.60 bits per heavy atom. The minimum absolute atomic E-state index is 0.124. The molecule has 1 aromatic rings. The highest BCUT2D eigenvalue weighted by molar-refractivity contribution is 7.83. The van der Waals surface area contributed by atoms with Crippen LogP contribution in [0.5, 0.6) is 0 Å². The Kier molecular flexibility index (Phi) is 6.90. The minimum atomic E-state index is -4.42. The van der Waals surface area contributed by atoms with Crippen LogP contribution >= 0.6 is 0 Å². The van der Waals surface area contributed by atoms with Crippen LogP contribution in [0.25, 0.3) is 0 Å². The summed E-state index contributed by atoms with van der Waals surface area (Å²) in [6.45, 7) is 10.8. The molecule has 1 aromatic carbocycles. The molecule has 0 aromatic heterocycles. The molecule has 20 heavy (non-hydrogen) atoms. The highest BCUT2D eigenvalue weighted by atomic mass is 32.2. The van der Waals surface area contributed by atoms with Gasteiger partial charge in [-0.3, -0.25) is 0 Å². The van der Waals surface area contributed by atoms with Gasteiger partial charge in [0.25, 0.3) is 0 Å². The molecule has 2 nitrogen and oxygen atoms in total. The Morgan fingerprint density at radius 1 is 1.10 bits per heavy atom. The molecule has 0 amide bonds. The molecule has 1 N–H and O–H groups in total. The van der Waals surface area contributed by atoms with Gasteiger partial charge in [-0.15, -0.1) is 0 Å². The lowest BCUT2D eigenvalue weighted by Gasteiger charge is -2.20. The van der Waals surface area contributed by atoms with E-state index in [2.05, 4.69) is 4.72 Å². The minimum Gasteiger partial charge on any atom is -0.237 e. The van der Waals surface area contributed by atoms with Crippen molar-refractivity contribution in [2.45, 2.75) is 58.2 Å². The molecule has 0 fully saturated rings. The summed E-state index contributed by atoms with van der Waals surface area (Å²) >= 11 is 0. The molecule has 0 radical (unpaired) electrons. The number of hydrogen-bond acceptors (Lipinski definition) is 1. The van der Waals surface area contributed by atoms with Crippen LogP contribution in [0.4, 0.5) is 13.2 Å². The third kappa shape index (κ3) is 6.05.